The van der Waals surface area contributed by atoms with Crippen molar-refractivity contribution in [2.75, 3.05) is 23.0 Å². The van der Waals surface area contributed by atoms with E-state index in [4.69, 9.17) is 10.5 Å². The minimum absolute atomic E-state index is 0. The first-order chi connectivity index (χ1) is 10.7. The molecule has 0 saturated carbocycles. The summed E-state index contributed by atoms with van der Waals surface area (Å²) in [6.07, 6.45) is 0.240. The number of ether oxygens (including phenoxy) is 1. The molecule has 23 heavy (non-hydrogen) atoms. The third-order valence-electron chi connectivity index (χ3n) is 2.92. The Hall–Kier alpha value is -2.47. The van der Waals surface area contributed by atoms with Gasteiger partial charge in [0.1, 0.15) is 11.6 Å². The molecule has 2 aromatic rings. The van der Waals surface area contributed by atoms with Crippen molar-refractivity contribution in [2.45, 2.75) is 19.9 Å². The van der Waals surface area contributed by atoms with Crippen LogP contribution in [-0.4, -0.2) is 17.7 Å². The summed E-state index contributed by atoms with van der Waals surface area (Å²) < 4.78 is 4.94. The van der Waals surface area contributed by atoms with E-state index in [2.05, 4.69) is 15.6 Å². The molecule has 0 aliphatic rings. The summed E-state index contributed by atoms with van der Waals surface area (Å²) >= 11 is 0. The molecule has 0 aliphatic carbocycles. The third kappa shape index (κ3) is 6.04. The number of nitrogens with zero attached hydrogens (tertiary/aromatic N) is 1. The smallest absolute Gasteiger partial charge is 0.411 e. The van der Waals surface area contributed by atoms with Crippen LogP contribution in [0.15, 0.2) is 42.5 Å². The van der Waals surface area contributed by atoms with E-state index in [1.54, 1.807) is 12.1 Å². The lowest BCUT2D eigenvalue weighted by Gasteiger charge is -2.10. The second-order valence-electron chi connectivity index (χ2n) is 4.73. The molecule has 1 amide bonds. The van der Waals surface area contributed by atoms with E-state index >= 15 is 0 Å². The van der Waals surface area contributed by atoms with E-state index < -0.39 is 6.09 Å². The van der Waals surface area contributed by atoms with Crippen LogP contribution < -0.4 is 16.4 Å². The van der Waals surface area contributed by atoms with Gasteiger partial charge in [0.2, 0.25) is 0 Å². The highest BCUT2D eigenvalue weighted by molar-refractivity contribution is 5.88. The molecule has 7 heteroatoms. The number of halogens is 1. The number of nitrogens with one attached hydrogen (secondary N) is 2. The number of nitrogens with two attached hydrogens (primary N) is 1. The van der Waals surface area contributed by atoms with E-state index in [0.717, 1.165) is 12.0 Å². The normalized spacial score (nSPS) is 9.61. The van der Waals surface area contributed by atoms with Crippen LogP contribution in [0.1, 0.15) is 18.9 Å². The van der Waals surface area contributed by atoms with Crippen LogP contribution in [0.4, 0.5) is 22.1 Å². The lowest BCUT2D eigenvalue weighted by atomic mass is 10.2. The fourth-order valence-corrected chi connectivity index (χ4v) is 1.81. The van der Waals surface area contributed by atoms with Crippen molar-refractivity contribution in [3.8, 4) is 0 Å². The molecule has 1 aromatic carbocycles. The zero-order chi connectivity index (χ0) is 15.8. The maximum atomic E-state index is 11.5. The largest absolute Gasteiger partial charge is 0.449 e. The van der Waals surface area contributed by atoms with Crippen LogP contribution in [0.3, 0.4) is 0 Å². The number of amides is 1. The van der Waals surface area contributed by atoms with Gasteiger partial charge in [-0.1, -0.05) is 37.3 Å². The topological polar surface area (TPSA) is 89.3 Å². The molecular formula is C16H21ClN4O2. The minimum atomic E-state index is -0.527. The van der Waals surface area contributed by atoms with Gasteiger partial charge in [-0.2, -0.15) is 0 Å². The monoisotopic (exact) mass is 336 g/mol. The average molecular weight is 337 g/mol. The molecule has 0 saturated heterocycles. The first-order valence-corrected chi connectivity index (χ1v) is 7.17. The Kier molecular flexibility index (Phi) is 7.70. The van der Waals surface area contributed by atoms with E-state index in [0.29, 0.717) is 24.7 Å². The van der Waals surface area contributed by atoms with Crippen LogP contribution >= 0.6 is 12.4 Å². The summed E-state index contributed by atoms with van der Waals surface area (Å²) in [6, 6.07) is 13.4. The number of pyridine rings is 1. The van der Waals surface area contributed by atoms with Crippen molar-refractivity contribution in [2.24, 2.45) is 0 Å². The molecule has 0 aliphatic heterocycles. The number of anilines is 3. The molecule has 6 nitrogen and oxygen atoms in total. The Morgan fingerprint density at radius 2 is 1.96 bits per heavy atom. The minimum Gasteiger partial charge on any atom is -0.449 e. The Labute approximate surface area is 141 Å². The predicted octanol–water partition coefficient (Wildman–Crippen LogP) is 3.66. The highest BCUT2D eigenvalue weighted by Gasteiger charge is 2.07. The highest BCUT2D eigenvalue weighted by Crippen LogP contribution is 2.19. The van der Waals surface area contributed by atoms with Gasteiger partial charge in [0.25, 0.3) is 0 Å². The van der Waals surface area contributed by atoms with E-state index in [9.17, 15) is 4.79 Å². The number of rotatable bonds is 6. The molecule has 0 atom stereocenters. The molecule has 4 N–H and O–H groups in total. The van der Waals surface area contributed by atoms with Gasteiger partial charge >= 0.3 is 6.09 Å². The standard InChI is InChI=1S/C16H20N4O2.ClH/c1-2-10-22-16(21)19-13-8-9-14(20-15(13)17)18-11-12-6-4-3-5-7-12;/h3-9H,2,10-11H2,1H3,(H,19,21)(H3,17,18,20);1H. The summed E-state index contributed by atoms with van der Waals surface area (Å²) in [7, 11) is 0. The molecule has 0 fully saturated rings. The zero-order valence-corrected chi connectivity index (χ0v) is 13.7. The van der Waals surface area contributed by atoms with Crippen molar-refractivity contribution in [1.82, 2.24) is 4.98 Å². The maximum absolute atomic E-state index is 11.5. The number of nitrogen functional groups attached to an aromatic ring is 1. The van der Waals surface area contributed by atoms with Gasteiger partial charge in [0, 0.05) is 6.54 Å². The molecule has 0 radical (unpaired) electrons. The molecular weight excluding hydrogens is 316 g/mol. The fraction of sp³-hybridized carbons (Fsp3) is 0.250. The Morgan fingerprint density at radius 3 is 2.61 bits per heavy atom. The van der Waals surface area contributed by atoms with Crippen molar-refractivity contribution in [3.05, 3.63) is 48.0 Å². The Balaban J connectivity index is 0.00000264. The highest BCUT2D eigenvalue weighted by atomic mass is 35.5. The second kappa shape index (κ2) is 9.53. The predicted molar refractivity (Wildman–Crippen MR) is 94.9 cm³/mol. The number of carbonyl (C=O) groups is 1. The molecule has 2 rings (SSSR count). The van der Waals surface area contributed by atoms with Crippen molar-refractivity contribution >= 4 is 35.8 Å². The van der Waals surface area contributed by atoms with Gasteiger partial charge in [-0.3, -0.25) is 5.32 Å². The number of hydrogen-bond donors (Lipinski definition) is 3. The molecule has 124 valence electrons. The van der Waals surface area contributed by atoms with Crippen molar-refractivity contribution < 1.29 is 9.53 Å². The molecule has 0 bridgehead atoms. The first kappa shape index (κ1) is 18.6. The number of carbonyl (C=O) groups excluding carboxylic acids is 1. The van der Waals surface area contributed by atoms with Gasteiger partial charge in [-0.05, 0) is 24.1 Å². The molecule has 0 spiro atoms. The van der Waals surface area contributed by atoms with Crippen LogP contribution in [0.2, 0.25) is 0 Å². The number of hydrogen-bond acceptors (Lipinski definition) is 5. The van der Waals surface area contributed by atoms with Crippen LogP contribution in [0.25, 0.3) is 0 Å². The molecule has 0 unspecified atom stereocenters. The van der Waals surface area contributed by atoms with Gasteiger partial charge in [-0.15, -0.1) is 12.4 Å². The SMILES string of the molecule is CCCOC(=O)Nc1ccc(NCc2ccccc2)nc1N.Cl. The quantitative estimate of drug-likeness (QED) is 0.749. The summed E-state index contributed by atoms with van der Waals surface area (Å²) in [5.41, 5.74) is 7.43. The zero-order valence-electron chi connectivity index (χ0n) is 12.9. The first-order valence-electron chi connectivity index (χ1n) is 7.17. The lowest BCUT2D eigenvalue weighted by Crippen LogP contribution is -2.16. The third-order valence-corrected chi connectivity index (χ3v) is 2.92. The summed E-state index contributed by atoms with van der Waals surface area (Å²) in [4.78, 5) is 15.7. The second-order valence-corrected chi connectivity index (χ2v) is 4.73. The van der Waals surface area contributed by atoms with Crippen LogP contribution in [0.5, 0.6) is 0 Å². The summed E-state index contributed by atoms with van der Waals surface area (Å²) in [5.74, 6) is 0.889. The lowest BCUT2D eigenvalue weighted by molar-refractivity contribution is 0.161. The number of benzene rings is 1. The summed E-state index contributed by atoms with van der Waals surface area (Å²) in [6.45, 7) is 2.95. The summed E-state index contributed by atoms with van der Waals surface area (Å²) in [5, 5.41) is 5.75. The van der Waals surface area contributed by atoms with E-state index in [1.807, 2.05) is 37.3 Å². The van der Waals surface area contributed by atoms with Gasteiger partial charge in [0.05, 0.1) is 12.3 Å². The molecule has 1 aromatic heterocycles. The van der Waals surface area contributed by atoms with E-state index in [1.165, 1.54) is 0 Å². The van der Waals surface area contributed by atoms with Crippen molar-refractivity contribution in [3.63, 3.8) is 0 Å². The number of aromatic nitrogens is 1. The fourth-order valence-electron chi connectivity index (χ4n) is 1.81. The van der Waals surface area contributed by atoms with Gasteiger partial charge in [0.15, 0.2) is 0 Å². The van der Waals surface area contributed by atoms with Crippen LogP contribution in [0, 0.1) is 0 Å². The molecule has 1 heterocycles. The average Bonchev–Trinajstić information content (AvgIpc) is 2.54. The maximum Gasteiger partial charge on any atom is 0.411 e. The Bertz CT molecular complexity index is 623. The van der Waals surface area contributed by atoms with Gasteiger partial charge < -0.3 is 15.8 Å². The van der Waals surface area contributed by atoms with Gasteiger partial charge in [-0.25, -0.2) is 9.78 Å². The van der Waals surface area contributed by atoms with E-state index in [-0.39, 0.29) is 18.2 Å². The Morgan fingerprint density at radius 1 is 1.22 bits per heavy atom. The van der Waals surface area contributed by atoms with Crippen molar-refractivity contribution in [1.29, 1.82) is 0 Å². The van der Waals surface area contributed by atoms with Crippen LogP contribution in [-0.2, 0) is 11.3 Å².